The van der Waals surface area contributed by atoms with Crippen molar-refractivity contribution < 1.29 is 14.3 Å². The monoisotopic (exact) mass is 640 g/mol. The molecule has 2 atom stereocenters. The van der Waals surface area contributed by atoms with Gasteiger partial charge >= 0.3 is 0 Å². The maximum Gasteiger partial charge on any atom is 0.261 e. The summed E-state index contributed by atoms with van der Waals surface area (Å²) in [5, 5.41) is 5.92. The highest BCUT2D eigenvalue weighted by Gasteiger charge is 2.32. The lowest BCUT2D eigenvalue weighted by molar-refractivity contribution is -0.143. The van der Waals surface area contributed by atoms with E-state index in [-0.39, 0.29) is 31.0 Å². The summed E-state index contributed by atoms with van der Waals surface area (Å²) in [5.74, 6) is -0.0793. The molecule has 1 N–H and O–H groups in total. The third kappa shape index (κ3) is 7.36. The molecule has 4 aromatic carbocycles. The van der Waals surface area contributed by atoms with Crippen LogP contribution in [0.25, 0.3) is 10.8 Å². The number of benzene rings is 4. The zero-order chi connectivity index (χ0) is 28.6. The minimum Gasteiger partial charge on any atom is -0.483 e. The van der Waals surface area contributed by atoms with Gasteiger partial charge in [-0.1, -0.05) is 96.9 Å². The van der Waals surface area contributed by atoms with Crippen LogP contribution in [0.1, 0.15) is 31.4 Å². The summed E-state index contributed by atoms with van der Waals surface area (Å²) in [6.45, 7) is 3.71. The molecule has 0 aromatic heterocycles. The fraction of sp³-hybridized carbons (Fsp3) is 0.250. The summed E-state index contributed by atoms with van der Waals surface area (Å²) in [6.07, 6.45) is 1.07. The Morgan fingerprint density at radius 2 is 1.60 bits per heavy atom. The van der Waals surface area contributed by atoms with Gasteiger partial charge in [-0.2, -0.15) is 0 Å². The van der Waals surface area contributed by atoms with E-state index in [4.69, 9.17) is 27.9 Å². The van der Waals surface area contributed by atoms with Gasteiger partial charge in [0, 0.05) is 34.6 Å². The Hall–Kier alpha value is -3.06. The fourth-order valence-electron chi connectivity index (χ4n) is 4.40. The van der Waals surface area contributed by atoms with Crippen molar-refractivity contribution in [3.63, 3.8) is 0 Å². The van der Waals surface area contributed by atoms with Gasteiger partial charge in [-0.05, 0) is 63.8 Å². The van der Waals surface area contributed by atoms with E-state index in [1.165, 1.54) is 4.90 Å². The number of rotatable bonds is 11. The Morgan fingerprint density at radius 1 is 0.925 bits per heavy atom. The Morgan fingerprint density at radius 3 is 2.30 bits per heavy atom. The lowest BCUT2D eigenvalue weighted by Crippen LogP contribution is -2.53. The summed E-state index contributed by atoms with van der Waals surface area (Å²) >= 11 is 16.7. The molecule has 0 spiro atoms. The van der Waals surface area contributed by atoms with Crippen molar-refractivity contribution in [3.05, 3.63) is 111 Å². The summed E-state index contributed by atoms with van der Waals surface area (Å²) in [4.78, 5) is 29.1. The first-order valence-electron chi connectivity index (χ1n) is 13.1. The van der Waals surface area contributed by atoms with Gasteiger partial charge in [-0.3, -0.25) is 9.59 Å². The molecule has 0 fully saturated rings. The van der Waals surface area contributed by atoms with E-state index in [1.807, 2.05) is 80.6 Å². The maximum absolute atomic E-state index is 13.9. The molecule has 0 heterocycles. The van der Waals surface area contributed by atoms with Crippen molar-refractivity contribution in [2.24, 2.45) is 0 Å². The molecule has 2 amide bonds. The Balaban J connectivity index is 1.68. The predicted molar refractivity (Wildman–Crippen MR) is 166 cm³/mol. The van der Waals surface area contributed by atoms with E-state index >= 15 is 0 Å². The Bertz CT molecular complexity index is 1460. The SMILES string of the molecule is CC[C@@H](C)NC(=O)[C@H](Cc1ccccc1)N(Cc1c(Cl)cccc1Cl)C(=O)COc1ccc2ccccc2c1Br. The normalized spacial score (nSPS) is 12.5. The van der Waals surface area contributed by atoms with Gasteiger partial charge < -0.3 is 15.0 Å². The van der Waals surface area contributed by atoms with Crippen molar-refractivity contribution >= 4 is 61.7 Å². The second kappa shape index (κ2) is 14.0. The number of fused-ring (bicyclic) bond motifs is 1. The first-order valence-corrected chi connectivity index (χ1v) is 14.7. The highest BCUT2D eigenvalue weighted by molar-refractivity contribution is 9.10. The van der Waals surface area contributed by atoms with Crippen LogP contribution in [0, 0.1) is 0 Å². The van der Waals surface area contributed by atoms with Gasteiger partial charge in [-0.15, -0.1) is 0 Å². The number of nitrogens with zero attached hydrogens (tertiary/aromatic N) is 1. The molecule has 4 rings (SSSR count). The van der Waals surface area contributed by atoms with Crippen molar-refractivity contribution in [3.8, 4) is 5.75 Å². The maximum atomic E-state index is 13.9. The second-order valence-electron chi connectivity index (χ2n) is 9.63. The number of ether oxygens (including phenoxy) is 1. The molecule has 5 nitrogen and oxygen atoms in total. The van der Waals surface area contributed by atoms with Crippen molar-refractivity contribution in [2.45, 2.75) is 45.3 Å². The Kier molecular flexibility index (Phi) is 10.5. The largest absolute Gasteiger partial charge is 0.483 e. The molecule has 0 unspecified atom stereocenters. The number of nitrogens with one attached hydrogen (secondary N) is 1. The highest BCUT2D eigenvalue weighted by atomic mass is 79.9. The molecule has 0 saturated carbocycles. The van der Waals surface area contributed by atoms with Gasteiger partial charge in [0.1, 0.15) is 11.8 Å². The third-order valence-corrected chi connectivity index (χ3v) is 8.37. The first kappa shape index (κ1) is 29.9. The standard InChI is InChI=1S/C32H31BrCl2N2O3/c1-3-21(2)36-32(39)28(18-22-10-5-4-6-11-22)37(19-25-26(34)14-9-15-27(25)35)30(38)20-40-29-17-16-23-12-7-8-13-24(23)31(29)33/h4-17,21,28H,3,18-20H2,1-2H3,(H,36,39)/t21-,28+/m1/s1. The van der Waals surface area contributed by atoms with Gasteiger partial charge in [0.25, 0.3) is 5.91 Å². The van der Waals surface area contributed by atoms with Gasteiger partial charge in [0.15, 0.2) is 6.61 Å². The van der Waals surface area contributed by atoms with E-state index < -0.39 is 6.04 Å². The first-order chi connectivity index (χ1) is 19.3. The van der Waals surface area contributed by atoms with Crippen LogP contribution in [-0.2, 0) is 22.6 Å². The van der Waals surface area contributed by atoms with Crippen LogP contribution in [-0.4, -0.2) is 35.4 Å². The Labute approximate surface area is 253 Å². The van der Waals surface area contributed by atoms with Crippen LogP contribution >= 0.6 is 39.1 Å². The topological polar surface area (TPSA) is 58.6 Å². The predicted octanol–water partition coefficient (Wildman–Crippen LogP) is 7.84. The average Bonchev–Trinajstić information content (AvgIpc) is 2.96. The lowest BCUT2D eigenvalue weighted by atomic mass is 10.0. The number of carbonyl (C=O) groups excluding carboxylic acids is 2. The third-order valence-electron chi connectivity index (χ3n) is 6.84. The summed E-state index contributed by atoms with van der Waals surface area (Å²) in [5.41, 5.74) is 1.49. The number of carbonyl (C=O) groups is 2. The lowest BCUT2D eigenvalue weighted by Gasteiger charge is -2.32. The number of hydrogen-bond acceptors (Lipinski definition) is 3. The zero-order valence-electron chi connectivity index (χ0n) is 22.4. The second-order valence-corrected chi connectivity index (χ2v) is 11.2. The van der Waals surface area contributed by atoms with E-state index in [2.05, 4.69) is 21.2 Å². The van der Waals surface area contributed by atoms with Crippen LogP contribution < -0.4 is 10.1 Å². The van der Waals surface area contributed by atoms with Crippen molar-refractivity contribution in [1.29, 1.82) is 0 Å². The van der Waals surface area contributed by atoms with Crippen LogP contribution in [0.2, 0.25) is 10.0 Å². The summed E-state index contributed by atoms with van der Waals surface area (Å²) in [7, 11) is 0. The smallest absolute Gasteiger partial charge is 0.261 e. The molecule has 0 aliphatic rings. The van der Waals surface area contributed by atoms with E-state index in [0.717, 1.165) is 27.2 Å². The van der Waals surface area contributed by atoms with Crippen LogP contribution in [0.15, 0.2) is 89.4 Å². The number of amides is 2. The fourth-order valence-corrected chi connectivity index (χ4v) is 5.52. The molecule has 0 bridgehead atoms. The van der Waals surface area contributed by atoms with Crippen LogP contribution in [0.3, 0.4) is 0 Å². The molecule has 208 valence electrons. The van der Waals surface area contributed by atoms with E-state index in [1.54, 1.807) is 18.2 Å². The number of hydrogen-bond donors (Lipinski definition) is 1. The van der Waals surface area contributed by atoms with Crippen LogP contribution in [0.5, 0.6) is 5.75 Å². The van der Waals surface area contributed by atoms with Gasteiger partial charge in [0.05, 0.1) is 4.47 Å². The molecule has 0 saturated heterocycles. The molecule has 8 heteroatoms. The van der Waals surface area contributed by atoms with E-state index in [0.29, 0.717) is 27.8 Å². The van der Waals surface area contributed by atoms with Gasteiger partial charge in [0.2, 0.25) is 5.91 Å². The quantitative estimate of drug-likeness (QED) is 0.181. The van der Waals surface area contributed by atoms with E-state index in [9.17, 15) is 9.59 Å². The molecule has 4 aromatic rings. The summed E-state index contributed by atoms with van der Waals surface area (Å²) in [6, 6.07) is 25.6. The molecule has 0 radical (unpaired) electrons. The minimum absolute atomic E-state index is 0.0466. The molecule has 40 heavy (non-hydrogen) atoms. The van der Waals surface area contributed by atoms with Gasteiger partial charge in [-0.25, -0.2) is 0 Å². The molecular weight excluding hydrogens is 611 g/mol. The molecule has 0 aliphatic carbocycles. The molecular formula is C32H31BrCl2N2O3. The average molecular weight is 642 g/mol. The minimum atomic E-state index is -0.820. The van der Waals surface area contributed by atoms with Crippen LogP contribution in [0.4, 0.5) is 0 Å². The zero-order valence-corrected chi connectivity index (χ0v) is 25.5. The summed E-state index contributed by atoms with van der Waals surface area (Å²) < 4.78 is 6.79. The van der Waals surface area contributed by atoms with Crippen molar-refractivity contribution in [2.75, 3.05) is 6.61 Å². The number of halogens is 3. The van der Waals surface area contributed by atoms with Crippen molar-refractivity contribution in [1.82, 2.24) is 10.2 Å². The highest BCUT2D eigenvalue weighted by Crippen LogP contribution is 2.33. The molecule has 0 aliphatic heterocycles.